The van der Waals surface area contributed by atoms with Gasteiger partial charge in [-0.15, -0.1) is 0 Å². The van der Waals surface area contributed by atoms with Gasteiger partial charge < -0.3 is 10.6 Å². The molecule has 0 saturated heterocycles. The summed E-state index contributed by atoms with van der Waals surface area (Å²) in [6.07, 6.45) is 7.48. The molecular weight excluding hydrogens is 260 g/mol. The lowest BCUT2D eigenvalue weighted by Crippen LogP contribution is -2.38. The molecule has 0 spiro atoms. The van der Waals surface area contributed by atoms with E-state index >= 15 is 0 Å². The summed E-state index contributed by atoms with van der Waals surface area (Å²) < 4.78 is 0. The molecule has 2 aliphatic rings. The highest BCUT2D eigenvalue weighted by Gasteiger charge is 2.32. The highest BCUT2D eigenvalue weighted by Crippen LogP contribution is 2.41. The Bertz CT molecular complexity index is 524. The standard InChI is InChI=1S/C17H28N4/c1-11-14(18)19-15(12-5-6-12)20-16(11)21(4)13-7-9-17(2,3)10-8-13/h12-13H,5-10H2,1-4H3,(H2,18,19,20). The second kappa shape index (κ2) is 5.15. The van der Waals surface area contributed by atoms with Gasteiger partial charge in [0, 0.05) is 24.6 Å². The first kappa shape index (κ1) is 14.6. The number of nitrogens with zero attached hydrogens (tertiary/aromatic N) is 3. The Morgan fingerprint density at radius 3 is 2.29 bits per heavy atom. The van der Waals surface area contributed by atoms with E-state index in [1.54, 1.807) is 0 Å². The molecule has 2 N–H and O–H groups in total. The SMILES string of the molecule is Cc1c(N)nc(C2CC2)nc1N(C)C1CCC(C)(C)CC1. The Kier molecular flexibility index (Phi) is 3.58. The summed E-state index contributed by atoms with van der Waals surface area (Å²) >= 11 is 0. The van der Waals surface area contributed by atoms with Crippen LogP contribution in [0.1, 0.15) is 69.7 Å². The van der Waals surface area contributed by atoms with Crippen molar-refractivity contribution >= 4 is 11.6 Å². The van der Waals surface area contributed by atoms with E-state index in [2.05, 4.69) is 30.8 Å². The summed E-state index contributed by atoms with van der Waals surface area (Å²) in [6, 6.07) is 0.582. The average Bonchev–Trinajstić information content (AvgIpc) is 3.25. The minimum Gasteiger partial charge on any atom is -0.383 e. The topological polar surface area (TPSA) is 55.0 Å². The second-order valence-corrected chi connectivity index (χ2v) is 7.70. The van der Waals surface area contributed by atoms with E-state index in [9.17, 15) is 0 Å². The van der Waals surface area contributed by atoms with Crippen molar-refractivity contribution in [1.29, 1.82) is 0 Å². The van der Waals surface area contributed by atoms with Crippen LogP contribution in [-0.2, 0) is 0 Å². The van der Waals surface area contributed by atoms with Crippen LogP contribution < -0.4 is 10.6 Å². The minimum atomic E-state index is 0.496. The number of anilines is 2. The molecule has 0 unspecified atom stereocenters. The van der Waals surface area contributed by atoms with Gasteiger partial charge >= 0.3 is 0 Å². The average molecular weight is 288 g/mol. The third-order valence-electron chi connectivity index (χ3n) is 5.31. The molecule has 0 amide bonds. The third kappa shape index (κ3) is 2.99. The van der Waals surface area contributed by atoms with Crippen LogP contribution >= 0.6 is 0 Å². The van der Waals surface area contributed by atoms with Crippen molar-refractivity contribution in [2.24, 2.45) is 5.41 Å². The highest BCUT2D eigenvalue weighted by atomic mass is 15.2. The van der Waals surface area contributed by atoms with Crippen molar-refractivity contribution in [2.45, 2.75) is 71.3 Å². The monoisotopic (exact) mass is 288 g/mol. The summed E-state index contributed by atoms with van der Waals surface area (Å²) in [5.41, 5.74) is 7.65. The van der Waals surface area contributed by atoms with Gasteiger partial charge in [0.1, 0.15) is 17.5 Å². The lowest BCUT2D eigenvalue weighted by molar-refractivity contribution is 0.222. The zero-order valence-electron chi connectivity index (χ0n) is 13.8. The molecule has 4 heteroatoms. The van der Waals surface area contributed by atoms with Crippen molar-refractivity contribution in [3.63, 3.8) is 0 Å². The van der Waals surface area contributed by atoms with E-state index in [4.69, 9.17) is 10.7 Å². The van der Waals surface area contributed by atoms with Gasteiger partial charge in [-0.25, -0.2) is 9.97 Å². The number of hydrogen-bond donors (Lipinski definition) is 1. The molecule has 0 atom stereocenters. The molecule has 1 aromatic rings. The van der Waals surface area contributed by atoms with Crippen LogP contribution in [0.3, 0.4) is 0 Å². The van der Waals surface area contributed by atoms with Gasteiger partial charge in [0.2, 0.25) is 0 Å². The molecule has 116 valence electrons. The van der Waals surface area contributed by atoms with E-state index in [1.807, 2.05) is 6.92 Å². The number of rotatable bonds is 3. The van der Waals surface area contributed by atoms with Gasteiger partial charge in [0.25, 0.3) is 0 Å². The maximum Gasteiger partial charge on any atom is 0.137 e. The highest BCUT2D eigenvalue weighted by molar-refractivity contribution is 5.57. The van der Waals surface area contributed by atoms with Gasteiger partial charge in [-0.2, -0.15) is 0 Å². The molecule has 4 nitrogen and oxygen atoms in total. The lowest BCUT2D eigenvalue weighted by Gasteiger charge is -2.39. The van der Waals surface area contributed by atoms with Gasteiger partial charge in [0.05, 0.1) is 0 Å². The van der Waals surface area contributed by atoms with Crippen LogP contribution in [-0.4, -0.2) is 23.1 Å². The minimum absolute atomic E-state index is 0.496. The van der Waals surface area contributed by atoms with Crippen molar-refractivity contribution < 1.29 is 0 Å². The molecule has 1 heterocycles. The van der Waals surface area contributed by atoms with Crippen LogP contribution in [0.5, 0.6) is 0 Å². The van der Waals surface area contributed by atoms with E-state index in [1.165, 1.54) is 38.5 Å². The zero-order chi connectivity index (χ0) is 15.2. The predicted molar refractivity (Wildman–Crippen MR) is 87.6 cm³/mol. The van der Waals surface area contributed by atoms with E-state index < -0.39 is 0 Å². The normalized spacial score (nSPS) is 22.3. The van der Waals surface area contributed by atoms with Gasteiger partial charge in [-0.05, 0) is 50.9 Å². The first-order valence-electron chi connectivity index (χ1n) is 8.24. The van der Waals surface area contributed by atoms with Crippen LogP contribution in [0.2, 0.25) is 0 Å². The van der Waals surface area contributed by atoms with E-state index in [-0.39, 0.29) is 0 Å². The van der Waals surface area contributed by atoms with Crippen LogP contribution in [0.15, 0.2) is 0 Å². The maximum absolute atomic E-state index is 6.12. The summed E-state index contributed by atoms with van der Waals surface area (Å²) in [7, 11) is 2.18. The first-order valence-corrected chi connectivity index (χ1v) is 8.24. The maximum atomic E-state index is 6.12. The third-order valence-corrected chi connectivity index (χ3v) is 5.31. The zero-order valence-corrected chi connectivity index (χ0v) is 13.8. The summed E-state index contributed by atoms with van der Waals surface area (Å²) in [5.74, 6) is 3.21. The number of aromatic nitrogens is 2. The number of nitrogens with two attached hydrogens (primary N) is 1. The molecule has 21 heavy (non-hydrogen) atoms. The molecule has 0 radical (unpaired) electrons. The fourth-order valence-corrected chi connectivity index (χ4v) is 3.35. The smallest absolute Gasteiger partial charge is 0.137 e. The summed E-state index contributed by atoms with van der Waals surface area (Å²) in [4.78, 5) is 11.7. The van der Waals surface area contributed by atoms with Crippen LogP contribution in [0, 0.1) is 12.3 Å². The largest absolute Gasteiger partial charge is 0.383 e. The van der Waals surface area contributed by atoms with Crippen LogP contribution in [0.4, 0.5) is 11.6 Å². The summed E-state index contributed by atoms with van der Waals surface area (Å²) in [6.45, 7) is 6.80. The molecular formula is C17H28N4. The summed E-state index contributed by atoms with van der Waals surface area (Å²) in [5, 5.41) is 0. The molecule has 2 fully saturated rings. The van der Waals surface area contributed by atoms with Crippen molar-refractivity contribution in [1.82, 2.24) is 9.97 Å². The quantitative estimate of drug-likeness (QED) is 0.922. The Morgan fingerprint density at radius 2 is 1.71 bits per heavy atom. The fraction of sp³-hybridized carbons (Fsp3) is 0.765. The molecule has 2 aliphatic carbocycles. The molecule has 0 bridgehead atoms. The van der Waals surface area contributed by atoms with E-state index in [0.717, 1.165) is 17.2 Å². The van der Waals surface area contributed by atoms with Crippen molar-refractivity contribution in [2.75, 3.05) is 17.7 Å². The Balaban J connectivity index is 1.82. The van der Waals surface area contributed by atoms with Crippen LogP contribution in [0.25, 0.3) is 0 Å². The number of nitrogen functional groups attached to an aromatic ring is 1. The molecule has 1 aromatic heterocycles. The van der Waals surface area contributed by atoms with Gasteiger partial charge in [-0.3, -0.25) is 0 Å². The first-order chi connectivity index (χ1) is 9.87. The molecule has 0 aromatic carbocycles. The molecule has 2 saturated carbocycles. The Labute approximate surface area is 128 Å². The Morgan fingerprint density at radius 1 is 1.10 bits per heavy atom. The Hall–Kier alpha value is -1.32. The van der Waals surface area contributed by atoms with Crippen molar-refractivity contribution in [3.05, 3.63) is 11.4 Å². The van der Waals surface area contributed by atoms with Gasteiger partial charge in [0.15, 0.2) is 0 Å². The lowest BCUT2D eigenvalue weighted by atomic mass is 9.75. The van der Waals surface area contributed by atoms with Gasteiger partial charge in [-0.1, -0.05) is 13.8 Å². The molecule has 0 aliphatic heterocycles. The number of hydrogen-bond acceptors (Lipinski definition) is 4. The predicted octanol–water partition coefficient (Wildman–Crippen LogP) is 3.65. The molecule has 3 rings (SSSR count). The fourth-order valence-electron chi connectivity index (χ4n) is 3.35. The van der Waals surface area contributed by atoms with Crippen molar-refractivity contribution in [3.8, 4) is 0 Å². The second-order valence-electron chi connectivity index (χ2n) is 7.70. The van der Waals surface area contributed by atoms with E-state index in [0.29, 0.717) is 23.2 Å².